The van der Waals surface area contributed by atoms with Gasteiger partial charge < -0.3 is 9.30 Å². The van der Waals surface area contributed by atoms with Crippen molar-refractivity contribution in [1.82, 2.24) is 9.55 Å². The zero-order valence-electron chi connectivity index (χ0n) is 11.1. The summed E-state index contributed by atoms with van der Waals surface area (Å²) in [6.45, 7) is 2.68. The Labute approximate surface area is 112 Å². The average Bonchev–Trinajstić information content (AvgIpc) is 2.78. The summed E-state index contributed by atoms with van der Waals surface area (Å²) in [6.07, 6.45) is 1.82. The molecule has 0 fully saturated rings. The van der Waals surface area contributed by atoms with Crippen molar-refractivity contribution in [3.05, 3.63) is 48.7 Å². The molecule has 0 aliphatic carbocycles. The summed E-state index contributed by atoms with van der Waals surface area (Å²) in [6, 6.07) is 14.4. The standard InChI is InChI=1S/C16H16N2O/c1-3-19-14-8-6-12(7-9-14)15-11-13-5-4-10-17-16(13)18(15)2/h4-11H,3H2,1-2H3. The van der Waals surface area contributed by atoms with Crippen molar-refractivity contribution >= 4 is 11.0 Å². The number of hydrogen-bond donors (Lipinski definition) is 0. The van der Waals surface area contributed by atoms with Crippen molar-refractivity contribution < 1.29 is 4.74 Å². The van der Waals surface area contributed by atoms with Gasteiger partial charge in [-0.15, -0.1) is 0 Å². The molecule has 0 saturated carbocycles. The van der Waals surface area contributed by atoms with Crippen molar-refractivity contribution in [3.8, 4) is 17.0 Å². The van der Waals surface area contributed by atoms with Gasteiger partial charge in [0, 0.05) is 18.6 Å². The first kappa shape index (κ1) is 11.8. The van der Waals surface area contributed by atoms with Crippen molar-refractivity contribution in [2.75, 3.05) is 6.61 Å². The summed E-state index contributed by atoms with van der Waals surface area (Å²) in [5, 5.41) is 1.16. The lowest BCUT2D eigenvalue weighted by Crippen LogP contribution is -1.94. The Morgan fingerprint density at radius 2 is 1.95 bits per heavy atom. The molecule has 19 heavy (non-hydrogen) atoms. The number of benzene rings is 1. The van der Waals surface area contributed by atoms with Crippen molar-refractivity contribution in [2.45, 2.75) is 6.92 Å². The maximum absolute atomic E-state index is 5.47. The predicted molar refractivity (Wildman–Crippen MR) is 77.3 cm³/mol. The molecule has 0 spiro atoms. The summed E-state index contributed by atoms with van der Waals surface area (Å²) in [4.78, 5) is 4.41. The van der Waals surface area contributed by atoms with Crippen LogP contribution in [-0.2, 0) is 7.05 Å². The third-order valence-electron chi connectivity index (χ3n) is 3.25. The van der Waals surface area contributed by atoms with E-state index in [-0.39, 0.29) is 0 Å². The van der Waals surface area contributed by atoms with Crippen LogP contribution in [0.4, 0.5) is 0 Å². The van der Waals surface area contributed by atoms with Gasteiger partial charge in [-0.05, 0) is 55.0 Å². The largest absolute Gasteiger partial charge is 0.494 e. The minimum atomic E-state index is 0.692. The van der Waals surface area contributed by atoms with E-state index >= 15 is 0 Å². The molecule has 0 radical (unpaired) electrons. The SMILES string of the molecule is CCOc1ccc(-c2cc3cccnc3n2C)cc1. The van der Waals surface area contributed by atoms with Gasteiger partial charge in [-0.2, -0.15) is 0 Å². The van der Waals surface area contributed by atoms with Crippen LogP contribution in [0.2, 0.25) is 0 Å². The van der Waals surface area contributed by atoms with Crippen LogP contribution in [0.3, 0.4) is 0 Å². The maximum atomic E-state index is 5.47. The number of ether oxygens (including phenoxy) is 1. The van der Waals surface area contributed by atoms with Crippen LogP contribution in [0.25, 0.3) is 22.3 Å². The summed E-state index contributed by atoms with van der Waals surface area (Å²) in [5.41, 5.74) is 3.34. The maximum Gasteiger partial charge on any atom is 0.140 e. The second-order valence-corrected chi connectivity index (χ2v) is 4.46. The molecule has 0 bridgehead atoms. The lowest BCUT2D eigenvalue weighted by molar-refractivity contribution is 0.340. The number of aromatic nitrogens is 2. The molecule has 0 aliphatic rings. The van der Waals surface area contributed by atoms with Crippen LogP contribution >= 0.6 is 0 Å². The Balaban J connectivity index is 2.06. The minimum Gasteiger partial charge on any atom is -0.494 e. The Morgan fingerprint density at radius 3 is 2.63 bits per heavy atom. The van der Waals surface area contributed by atoms with E-state index in [0.717, 1.165) is 22.5 Å². The zero-order valence-corrected chi connectivity index (χ0v) is 11.1. The third-order valence-corrected chi connectivity index (χ3v) is 3.25. The van der Waals surface area contributed by atoms with Gasteiger partial charge >= 0.3 is 0 Å². The van der Waals surface area contributed by atoms with E-state index in [4.69, 9.17) is 4.74 Å². The van der Waals surface area contributed by atoms with Crippen LogP contribution in [0.15, 0.2) is 48.7 Å². The number of fused-ring (bicyclic) bond motifs is 1. The molecule has 0 unspecified atom stereocenters. The van der Waals surface area contributed by atoms with Gasteiger partial charge in [0.05, 0.1) is 12.3 Å². The number of rotatable bonds is 3. The van der Waals surface area contributed by atoms with E-state index < -0.39 is 0 Å². The number of hydrogen-bond acceptors (Lipinski definition) is 2. The molecular weight excluding hydrogens is 236 g/mol. The normalized spacial score (nSPS) is 10.8. The molecule has 3 aromatic rings. The van der Waals surface area contributed by atoms with Crippen molar-refractivity contribution in [1.29, 1.82) is 0 Å². The fourth-order valence-electron chi connectivity index (χ4n) is 2.33. The Hall–Kier alpha value is -2.29. The second kappa shape index (κ2) is 4.76. The lowest BCUT2D eigenvalue weighted by atomic mass is 10.1. The molecular formula is C16H16N2O. The first-order chi connectivity index (χ1) is 9.29. The summed E-state index contributed by atoms with van der Waals surface area (Å²) in [5.74, 6) is 0.906. The average molecular weight is 252 g/mol. The number of nitrogens with zero attached hydrogens (tertiary/aromatic N) is 2. The monoisotopic (exact) mass is 252 g/mol. The van der Waals surface area contributed by atoms with Gasteiger partial charge in [0.1, 0.15) is 11.4 Å². The molecule has 0 atom stereocenters. The molecule has 0 saturated heterocycles. The van der Waals surface area contributed by atoms with Crippen molar-refractivity contribution in [3.63, 3.8) is 0 Å². The van der Waals surface area contributed by atoms with E-state index in [1.807, 2.05) is 38.4 Å². The van der Waals surface area contributed by atoms with E-state index in [2.05, 4.69) is 33.8 Å². The summed E-state index contributed by atoms with van der Waals surface area (Å²) < 4.78 is 7.58. The fraction of sp³-hybridized carbons (Fsp3) is 0.188. The smallest absolute Gasteiger partial charge is 0.140 e. The lowest BCUT2D eigenvalue weighted by Gasteiger charge is -2.06. The molecule has 0 aliphatic heterocycles. The van der Waals surface area contributed by atoms with Gasteiger partial charge in [-0.25, -0.2) is 4.98 Å². The molecule has 96 valence electrons. The highest BCUT2D eigenvalue weighted by atomic mass is 16.5. The first-order valence-electron chi connectivity index (χ1n) is 6.43. The van der Waals surface area contributed by atoms with E-state index in [9.17, 15) is 0 Å². The molecule has 3 heteroatoms. The predicted octanol–water partition coefficient (Wildman–Crippen LogP) is 3.64. The van der Waals surface area contributed by atoms with Gasteiger partial charge in [0.2, 0.25) is 0 Å². The summed E-state index contributed by atoms with van der Waals surface area (Å²) in [7, 11) is 2.04. The van der Waals surface area contributed by atoms with E-state index in [1.165, 1.54) is 5.56 Å². The van der Waals surface area contributed by atoms with Crippen LogP contribution < -0.4 is 4.74 Å². The second-order valence-electron chi connectivity index (χ2n) is 4.46. The molecule has 1 aromatic carbocycles. The molecule has 0 N–H and O–H groups in total. The van der Waals surface area contributed by atoms with Crippen molar-refractivity contribution in [2.24, 2.45) is 7.05 Å². The zero-order chi connectivity index (χ0) is 13.2. The Kier molecular flexibility index (Phi) is 2.95. The van der Waals surface area contributed by atoms with Crippen LogP contribution in [0, 0.1) is 0 Å². The highest BCUT2D eigenvalue weighted by molar-refractivity contribution is 5.84. The fourth-order valence-corrected chi connectivity index (χ4v) is 2.33. The van der Waals surface area contributed by atoms with Crippen LogP contribution in [0.5, 0.6) is 5.75 Å². The Bertz CT molecular complexity index is 698. The third kappa shape index (κ3) is 2.08. The van der Waals surface area contributed by atoms with E-state index in [1.54, 1.807) is 0 Å². The van der Waals surface area contributed by atoms with E-state index in [0.29, 0.717) is 6.61 Å². The molecule has 2 aromatic heterocycles. The number of pyridine rings is 1. The molecule has 0 amide bonds. The first-order valence-corrected chi connectivity index (χ1v) is 6.43. The highest BCUT2D eigenvalue weighted by Gasteiger charge is 2.08. The highest BCUT2D eigenvalue weighted by Crippen LogP contribution is 2.27. The van der Waals surface area contributed by atoms with Gasteiger partial charge in [-0.3, -0.25) is 0 Å². The van der Waals surface area contributed by atoms with Gasteiger partial charge in [-0.1, -0.05) is 0 Å². The quantitative estimate of drug-likeness (QED) is 0.711. The van der Waals surface area contributed by atoms with Gasteiger partial charge in [0.25, 0.3) is 0 Å². The van der Waals surface area contributed by atoms with Crippen LogP contribution in [-0.4, -0.2) is 16.2 Å². The van der Waals surface area contributed by atoms with Gasteiger partial charge in [0.15, 0.2) is 0 Å². The molecule has 3 rings (SSSR count). The number of aryl methyl sites for hydroxylation is 1. The summed E-state index contributed by atoms with van der Waals surface area (Å²) >= 11 is 0. The van der Waals surface area contributed by atoms with Crippen LogP contribution in [0.1, 0.15) is 6.92 Å². The molecule has 2 heterocycles. The molecule has 3 nitrogen and oxygen atoms in total. The topological polar surface area (TPSA) is 27.1 Å². The Morgan fingerprint density at radius 1 is 1.16 bits per heavy atom. The minimum absolute atomic E-state index is 0.692.